The molecule has 2 aromatic carbocycles. The van der Waals surface area contributed by atoms with Crippen molar-refractivity contribution >= 4 is 34.5 Å². The lowest BCUT2D eigenvalue weighted by atomic mass is 9.99. The smallest absolute Gasteiger partial charge is 0.300 e. The van der Waals surface area contributed by atoms with Crippen molar-refractivity contribution in [2.75, 3.05) is 19.1 Å². The number of ketones is 1. The number of carbonyl (C=O) groups is 2. The highest BCUT2D eigenvalue weighted by Gasteiger charge is 2.47. The van der Waals surface area contributed by atoms with Gasteiger partial charge in [0.05, 0.1) is 19.8 Å². The number of Topliss-reactive ketones (excluding diaryl/α,β-unsaturated/α-hetero) is 1. The standard InChI is InChI=1S/C25H23NO5S/c1-14-7-9-17(15(2)12-14)26-22(20-6-5-11-32-20)21(24(28)25(26)29)23(27)16-8-10-18(30-3)19(13-16)31-4/h5-13,22,27H,1-4H3/b23-21-. The third kappa shape index (κ3) is 3.54. The average molecular weight is 450 g/mol. The van der Waals surface area contributed by atoms with Gasteiger partial charge in [0.1, 0.15) is 11.8 Å². The first-order valence-electron chi connectivity index (χ1n) is 10.0. The molecule has 1 aromatic heterocycles. The Labute approximate surface area is 190 Å². The molecule has 1 aliphatic rings. The number of hydrogen-bond donors (Lipinski definition) is 1. The molecule has 0 bridgehead atoms. The molecule has 2 heterocycles. The zero-order valence-corrected chi connectivity index (χ0v) is 19.0. The van der Waals surface area contributed by atoms with Gasteiger partial charge in [-0.05, 0) is 55.1 Å². The molecule has 7 heteroatoms. The fourth-order valence-electron chi connectivity index (χ4n) is 4.01. The molecule has 1 amide bonds. The molecule has 3 aromatic rings. The number of benzene rings is 2. The van der Waals surface area contributed by atoms with Gasteiger partial charge in [0.15, 0.2) is 11.5 Å². The molecule has 1 N–H and O–H groups in total. The number of aliphatic hydroxyl groups excluding tert-OH is 1. The van der Waals surface area contributed by atoms with Gasteiger partial charge in [0.2, 0.25) is 0 Å². The SMILES string of the molecule is COc1ccc(/C(O)=C2/C(=O)C(=O)N(c3ccc(C)cc3C)C2c2cccs2)cc1OC. The van der Waals surface area contributed by atoms with E-state index < -0.39 is 17.7 Å². The summed E-state index contributed by atoms with van der Waals surface area (Å²) in [4.78, 5) is 28.7. The van der Waals surface area contributed by atoms with Crippen LogP contribution in [0.1, 0.15) is 27.6 Å². The summed E-state index contributed by atoms with van der Waals surface area (Å²) in [5.74, 6) is -0.745. The molecule has 0 radical (unpaired) electrons. The number of rotatable bonds is 5. The Morgan fingerprint density at radius 3 is 2.38 bits per heavy atom. The van der Waals surface area contributed by atoms with Crippen molar-refractivity contribution in [1.82, 2.24) is 0 Å². The van der Waals surface area contributed by atoms with Gasteiger partial charge in [0, 0.05) is 16.1 Å². The second kappa shape index (κ2) is 8.51. The van der Waals surface area contributed by atoms with Gasteiger partial charge in [-0.3, -0.25) is 14.5 Å². The van der Waals surface area contributed by atoms with Crippen molar-refractivity contribution in [2.24, 2.45) is 0 Å². The van der Waals surface area contributed by atoms with Crippen LogP contribution < -0.4 is 14.4 Å². The van der Waals surface area contributed by atoms with E-state index in [0.29, 0.717) is 22.7 Å². The van der Waals surface area contributed by atoms with E-state index in [9.17, 15) is 14.7 Å². The number of ether oxygens (including phenoxy) is 2. The van der Waals surface area contributed by atoms with Crippen molar-refractivity contribution in [3.63, 3.8) is 0 Å². The number of aliphatic hydroxyl groups is 1. The summed E-state index contributed by atoms with van der Waals surface area (Å²) in [7, 11) is 3.01. The Morgan fingerprint density at radius 2 is 1.75 bits per heavy atom. The van der Waals surface area contributed by atoms with E-state index in [2.05, 4.69) is 0 Å². The number of hydrogen-bond acceptors (Lipinski definition) is 6. The Hall–Kier alpha value is -3.58. The Bertz CT molecular complexity index is 1230. The maximum Gasteiger partial charge on any atom is 0.300 e. The molecule has 1 aliphatic heterocycles. The minimum Gasteiger partial charge on any atom is -0.507 e. The Morgan fingerprint density at radius 1 is 1.00 bits per heavy atom. The quantitative estimate of drug-likeness (QED) is 0.337. The fourth-order valence-corrected chi connectivity index (χ4v) is 4.84. The van der Waals surface area contributed by atoms with E-state index in [-0.39, 0.29) is 11.3 Å². The molecule has 0 saturated carbocycles. The number of aryl methyl sites for hydroxylation is 2. The Balaban J connectivity index is 1.93. The molecule has 4 rings (SSSR count). The topological polar surface area (TPSA) is 76.1 Å². The highest BCUT2D eigenvalue weighted by molar-refractivity contribution is 7.10. The first kappa shape index (κ1) is 21.6. The zero-order valence-electron chi connectivity index (χ0n) is 18.2. The van der Waals surface area contributed by atoms with Crippen molar-refractivity contribution in [3.8, 4) is 11.5 Å². The van der Waals surface area contributed by atoms with Gasteiger partial charge < -0.3 is 14.6 Å². The van der Waals surface area contributed by atoms with Crippen LogP contribution in [0, 0.1) is 13.8 Å². The third-order valence-corrected chi connectivity index (χ3v) is 6.45. The fraction of sp³-hybridized carbons (Fsp3) is 0.200. The van der Waals surface area contributed by atoms with Gasteiger partial charge in [0.25, 0.3) is 11.7 Å². The van der Waals surface area contributed by atoms with E-state index in [1.165, 1.54) is 30.5 Å². The summed E-state index contributed by atoms with van der Waals surface area (Å²) in [5, 5.41) is 13.1. The lowest BCUT2D eigenvalue weighted by Crippen LogP contribution is -2.29. The number of amides is 1. The zero-order chi connectivity index (χ0) is 23.0. The summed E-state index contributed by atoms with van der Waals surface area (Å²) in [6.45, 7) is 3.88. The van der Waals surface area contributed by atoms with E-state index in [1.54, 1.807) is 18.2 Å². The second-order valence-electron chi connectivity index (χ2n) is 7.54. The van der Waals surface area contributed by atoms with Crippen molar-refractivity contribution in [3.05, 3.63) is 81.1 Å². The molecule has 6 nitrogen and oxygen atoms in total. The summed E-state index contributed by atoms with van der Waals surface area (Å²) >= 11 is 1.43. The van der Waals surface area contributed by atoms with Crippen LogP contribution in [-0.2, 0) is 9.59 Å². The molecule has 0 aliphatic carbocycles. The van der Waals surface area contributed by atoms with Crippen molar-refractivity contribution in [1.29, 1.82) is 0 Å². The molecular formula is C25H23NO5S. The maximum atomic E-state index is 13.2. The van der Waals surface area contributed by atoms with Crippen LogP contribution in [0.25, 0.3) is 5.76 Å². The van der Waals surface area contributed by atoms with E-state index >= 15 is 0 Å². The summed E-state index contributed by atoms with van der Waals surface area (Å²) in [6, 6.07) is 13.6. The molecule has 1 fully saturated rings. The predicted octanol–water partition coefficient (Wildman–Crippen LogP) is 5.01. The number of nitrogens with zero attached hydrogens (tertiary/aromatic N) is 1. The minimum absolute atomic E-state index is 0.0460. The van der Waals surface area contributed by atoms with Crippen molar-refractivity contribution in [2.45, 2.75) is 19.9 Å². The molecule has 32 heavy (non-hydrogen) atoms. The minimum atomic E-state index is -0.732. The van der Waals surface area contributed by atoms with E-state index in [1.807, 2.05) is 49.6 Å². The third-order valence-electron chi connectivity index (χ3n) is 5.53. The average Bonchev–Trinajstić information content (AvgIpc) is 3.40. The van der Waals surface area contributed by atoms with Crippen LogP contribution >= 0.6 is 11.3 Å². The van der Waals surface area contributed by atoms with Crippen LogP contribution in [0.3, 0.4) is 0 Å². The first-order valence-corrected chi connectivity index (χ1v) is 10.9. The number of methoxy groups -OCH3 is 2. The van der Waals surface area contributed by atoms with Gasteiger partial charge in [-0.2, -0.15) is 0 Å². The molecule has 164 valence electrons. The second-order valence-corrected chi connectivity index (χ2v) is 8.52. The first-order chi connectivity index (χ1) is 15.4. The summed E-state index contributed by atoms with van der Waals surface area (Å²) in [5.41, 5.74) is 2.98. The molecule has 0 spiro atoms. The number of carbonyl (C=O) groups excluding carboxylic acids is 2. The summed E-state index contributed by atoms with van der Waals surface area (Å²) < 4.78 is 10.6. The van der Waals surface area contributed by atoms with Gasteiger partial charge in [-0.25, -0.2) is 0 Å². The molecule has 1 saturated heterocycles. The lowest BCUT2D eigenvalue weighted by Gasteiger charge is -2.26. The highest BCUT2D eigenvalue weighted by Crippen LogP contribution is 2.45. The molecule has 1 unspecified atom stereocenters. The van der Waals surface area contributed by atoms with E-state index in [0.717, 1.165) is 16.0 Å². The maximum absolute atomic E-state index is 13.2. The molecular weight excluding hydrogens is 426 g/mol. The number of thiophene rings is 1. The predicted molar refractivity (Wildman–Crippen MR) is 125 cm³/mol. The summed E-state index contributed by atoms with van der Waals surface area (Å²) in [6.07, 6.45) is 0. The monoisotopic (exact) mass is 449 g/mol. The van der Waals surface area contributed by atoms with Crippen LogP contribution in [0.4, 0.5) is 5.69 Å². The van der Waals surface area contributed by atoms with Crippen molar-refractivity contribution < 1.29 is 24.2 Å². The number of anilines is 1. The van der Waals surface area contributed by atoms with Crippen LogP contribution in [0.5, 0.6) is 11.5 Å². The lowest BCUT2D eigenvalue weighted by molar-refractivity contribution is -0.132. The normalized spacial score (nSPS) is 17.6. The van der Waals surface area contributed by atoms with E-state index in [4.69, 9.17) is 9.47 Å². The van der Waals surface area contributed by atoms with Gasteiger partial charge in [-0.15, -0.1) is 11.3 Å². The highest BCUT2D eigenvalue weighted by atomic mass is 32.1. The van der Waals surface area contributed by atoms with Crippen LogP contribution in [0.2, 0.25) is 0 Å². The molecule has 1 atom stereocenters. The largest absolute Gasteiger partial charge is 0.507 e. The van der Waals surface area contributed by atoms with Crippen LogP contribution in [-0.4, -0.2) is 31.0 Å². The van der Waals surface area contributed by atoms with Gasteiger partial charge >= 0.3 is 0 Å². The van der Waals surface area contributed by atoms with Gasteiger partial charge in [-0.1, -0.05) is 23.8 Å². The van der Waals surface area contributed by atoms with Crippen LogP contribution in [0.15, 0.2) is 59.5 Å². The Kier molecular flexibility index (Phi) is 5.76.